The van der Waals surface area contributed by atoms with Crippen LogP contribution in [0.1, 0.15) is 35.7 Å². The van der Waals surface area contributed by atoms with Gasteiger partial charge in [0.2, 0.25) is 0 Å². The van der Waals surface area contributed by atoms with Crippen molar-refractivity contribution >= 4 is 34.2 Å². The summed E-state index contributed by atoms with van der Waals surface area (Å²) < 4.78 is 10.4. The molecule has 3 rings (SSSR count). The molecule has 8 heteroatoms. The number of rotatable bonds is 4. The Labute approximate surface area is 158 Å². The molecule has 1 aromatic heterocycles. The highest BCUT2D eigenvalue weighted by Gasteiger charge is 2.18. The maximum atomic E-state index is 12.3. The lowest BCUT2D eigenvalue weighted by Gasteiger charge is -2.10. The number of carbonyl (C=O) groups excluding carboxylic acids is 1. The highest BCUT2D eigenvalue weighted by Crippen LogP contribution is 2.28. The molecular weight excluding hydrogens is 374 g/mol. The standard InChI is InChI=1S/C19H14ClNO6/c1-10(2)14-9-18(22)27-17-8-12(4-5-13(14)17)26-19(23)11-3-6-15(20)16(7-11)21(24)25/h3-10H,1-2H3. The van der Waals surface area contributed by atoms with Crippen molar-refractivity contribution in [3.05, 3.63) is 79.1 Å². The first-order valence-corrected chi connectivity index (χ1v) is 8.38. The molecule has 138 valence electrons. The van der Waals surface area contributed by atoms with Gasteiger partial charge in [0, 0.05) is 23.6 Å². The highest BCUT2D eigenvalue weighted by atomic mass is 35.5. The van der Waals surface area contributed by atoms with E-state index in [0.29, 0.717) is 5.58 Å². The van der Waals surface area contributed by atoms with Crippen molar-refractivity contribution in [2.75, 3.05) is 0 Å². The van der Waals surface area contributed by atoms with Crippen molar-refractivity contribution in [1.82, 2.24) is 0 Å². The molecule has 27 heavy (non-hydrogen) atoms. The number of carbonyl (C=O) groups is 1. The van der Waals surface area contributed by atoms with Gasteiger partial charge in [-0.1, -0.05) is 25.4 Å². The smallest absolute Gasteiger partial charge is 0.343 e. The Morgan fingerprint density at radius 1 is 1.19 bits per heavy atom. The lowest BCUT2D eigenvalue weighted by Crippen LogP contribution is -2.09. The molecule has 0 N–H and O–H groups in total. The van der Waals surface area contributed by atoms with Gasteiger partial charge in [-0.25, -0.2) is 9.59 Å². The molecule has 0 saturated heterocycles. The Hall–Kier alpha value is -3.19. The SMILES string of the molecule is CC(C)c1cc(=O)oc2cc(OC(=O)c3ccc(Cl)c([N+](=O)[O-])c3)ccc12. The highest BCUT2D eigenvalue weighted by molar-refractivity contribution is 6.32. The number of nitrogens with zero attached hydrogens (tertiary/aromatic N) is 1. The molecule has 2 aromatic carbocycles. The molecule has 1 heterocycles. The fourth-order valence-electron chi connectivity index (χ4n) is 2.65. The summed E-state index contributed by atoms with van der Waals surface area (Å²) in [5.41, 5.74) is 0.204. The Morgan fingerprint density at radius 2 is 1.93 bits per heavy atom. The van der Waals surface area contributed by atoms with Crippen molar-refractivity contribution in [3.8, 4) is 5.75 Å². The van der Waals surface area contributed by atoms with Gasteiger partial charge in [-0.05, 0) is 35.7 Å². The normalized spacial score (nSPS) is 11.0. The predicted molar refractivity (Wildman–Crippen MR) is 99.6 cm³/mol. The van der Waals surface area contributed by atoms with E-state index in [1.165, 1.54) is 24.3 Å². The molecule has 7 nitrogen and oxygen atoms in total. The third kappa shape index (κ3) is 3.83. The van der Waals surface area contributed by atoms with Crippen LogP contribution in [0.25, 0.3) is 11.0 Å². The molecule has 0 radical (unpaired) electrons. The van der Waals surface area contributed by atoms with E-state index in [9.17, 15) is 19.7 Å². The average molecular weight is 388 g/mol. The van der Waals surface area contributed by atoms with E-state index in [0.717, 1.165) is 17.0 Å². The van der Waals surface area contributed by atoms with Gasteiger partial charge < -0.3 is 9.15 Å². The van der Waals surface area contributed by atoms with Crippen LogP contribution in [0.3, 0.4) is 0 Å². The van der Waals surface area contributed by atoms with Crippen molar-refractivity contribution in [1.29, 1.82) is 0 Å². The fraction of sp³-hybridized carbons (Fsp3) is 0.158. The Kier molecular flexibility index (Phi) is 4.96. The number of hydrogen-bond acceptors (Lipinski definition) is 6. The van der Waals surface area contributed by atoms with Gasteiger partial charge in [-0.15, -0.1) is 0 Å². The van der Waals surface area contributed by atoms with E-state index in [4.69, 9.17) is 20.8 Å². The topological polar surface area (TPSA) is 99.7 Å². The second kappa shape index (κ2) is 7.20. The molecule has 0 bridgehead atoms. The van der Waals surface area contributed by atoms with Gasteiger partial charge in [0.15, 0.2) is 0 Å². The zero-order chi connectivity index (χ0) is 19.7. The van der Waals surface area contributed by atoms with E-state index >= 15 is 0 Å². The van der Waals surface area contributed by atoms with Gasteiger partial charge in [-0.2, -0.15) is 0 Å². The number of nitro groups is 1. The van der Waals surface area contributed by atoms with Gasteiger partial charge in [-0.3, -0.25) is 10.1 Å². The van der Waals surface area contributed by atoms with E-state index in [1.54, 1.807) is 12.1 Å². The summed E-state index contributed by atoms with van der Waals surface area (Å²) in [6.45, 7) is 3.91. The van der Waals surface area contributed by atoms with E-state index in [-0.39, 0.29) is 22.3 Å². The van der Waals surface area contributed by atoms with Crippen LogP contribution in [0.15, 0.2) is 51.7 Å². The van der Waals surface area contributed by atoms with Crippen molar-refractivity contribution in [2.45, 2.75) is 19.8 Å². The minimum atomic E-state index is -0.795. The zero-order valence-electron chi connectivity index (χ0n) is 14.4. The number of ether oxygens (including phenoxy) is 1. The Morgan fingerprint density at radius 3 is 2.59 bits per heavy atom. The van der Waals surface area contributed by atoms with Crippen molar-refractivity contribution in [3.63, 3.8) is 0 Å². The van der Waals surface area contributed by atoms with E-state index < -0.39 is 22.2 Å². The molecule has 0 spiro atoms. The summed E-state index contributed by atoms with van der Waals surface area (Å²) in [5.74, 6) is -0.537. The number of nitro benzene ring substituents is 1. The maximum absolute atomic E-state index is 12.3. The third-order valence-corrected chi connectivity index (χ3v) is 4.28. The molecule has 0 saturated carbocycles. The van der Waals surface area contributed by atoms with E-state index in [2.05, 4.69) is 0 Å². The first-order valence-electron chi connectivity index (χ1n) is 8.00. The fourth-order valence-corrected chi connectivity index (χ4v) is 2.84. The molecule has 3 aromatic rings. The number of benzene rings is 2. The molecular formula is C19H14ClNO6. The van der Waals surface area contributed by atoms with Crippen LogP contribution < -0.4 is 10.4 Å². The van der Waals surface area contributed by atoms with Crippen LogP contribution in [0.2, 0.25) is 5.02 Å². The Bertz CT molecular complexity index is 1120. The van der Waals surface area contributed by atoms with Crippen LogP contribution in [-0.4, -0.2) is 10.9 Å². The minimum absolute atomic E-state index is 0.0245. The molecule has 0 aliphatic rings. The average Bonchev–Trinajstić information content (AvgIpc) is 2.60. The number of fused-ring (bicyclic) bond motifs is 1. The molecule has 0 aliphatic heterocycles. The summed E-state index contributed by atoms with van der Waals surface area (Å²) >= 11 is 5.74. The molecule has 0 amide bonds. The summed E-state index contributed by atoms with van der Waals surface area (Å²) in [5, 5.41) is 11.6. The lowest BCUT2D eigenvalue weighted by molar-refractivity contribution is -0.384. The summed E-state index contributed by atoms with van der Waals surface area (Å²) in [6.07, 6.45) is 0. The number of hydrogen-bond donors (Lipinski definition) is 0. The van der Waals surface area contributed by atoms with E-state index in [1.807, 2.05) is 13.8 Å². The van der Waals surface area contributed by atoms with Gasteiger partial charge in [0.1, 0.15) is 16.4 Å². The first-order chi connectivity index (χ1) is 12.8. The minimum Gasteiger partial charge on any atom is -0.423 e. The largest absolute Gasteiger partial charge is 0.423 e. The molecule has 0 atom stereocenters. The number of halogens is 1. The van der Waals surface area contributed by atoms with Crippen molar-refractivity contribution < 1.29 is 18.9 Å². The molecule has 0 fully saturated rings. The number of esters is 1. The third-order valence-electron chi connectivity index (χ3n) is 3.96. The molecule has 0 aliphatic carbocycles. The van der Waals surface area contributed by atoms with Gasteiger partial charge in [0.25, 0.3) is 5.69 Å². The van der Waals surface area contributed by atoms with Gasteiger partial charge in [0.05, 0.1) is 10.5 Å². The monoisotopic (exact) mass is 387 g/mol. The predicted octanol–water partition coefficient (Wildman–Crippen LogP) is 4.70. The summed E-state index contributed by atoms with van der Waals surface area (Å²) in [4.78, 5) is 34.3. The van der Waals surface area contributed by atoms with Crippen LogP contribution in [0.5, 0.6) is 5.75 Å². The van der Waals surface area contributed by atoms with Crippen LogP contribution in [0.4, 0.5) is 5.69 Å². The quantitative estimate of drug-likeness (QED) is 0.211. The lowest BCUT2D eigenvalue weighted by atomic mass is 10.00. The second-order valence-corrected chi connectivity index (χ2v) is 6.55. The molecule has 0 unspecified atom stereocenters. The van der Waals surface area contributed by atoms with Gasteiger partial charge >= 0.3 is 11.6 Å². The second-order valence-electron chi connectivity index (χ2n) is 6.15. The maximum Gasteiger partial charge on any atom is 0.343 e. The Balaban J connectivity index is 1.95. The van der Waals surface area contributed by atoms with Crippen LogP contribution in [-0.2, 0) is 0 Å². The van der Waals surface area contributed by atoms with Crippen LogP contribution >= 0.6 is 11.6 Å². The first kappa shape index (κ1) is 18.6. The van der Waals surface area contributed by atoms with Crippen LogP contribution in [0, 0.1) is 10.1 Å². The summed E-state index contributed by atoms with van der Waals surface area (Å²) in [6, 6.07) is 9.76. The zero-order valence-corrected chi connectivity index (χ0v) is 15.1. The summed E-state index contributed by atoms with van der Waals surface area (Å²) in [7, 11) is 0. The van der Waals surface area contributed by atoms with Crippen molar-refractivity contribution in [2.24, 2.45) is 0 Å².